The lowest BCUT2D eigenvalue weighted by molar-refractivity contribution is -0.00289. The van der Waals surface area contributed by atoms with Gasteiger partial charge in [0.15, 0.2) is 0 Å². The van der Waals surface area contributed by atoms with Crippen LogP contribution in [0.2, 0.25) is 0 Å². The number of allylic oxidation sites excluding steroid dienone is 3. The molecule has 0 saturated carbocycles. The molecule has 0 aromatic heterocycles. The van der Waals surface area contributed by atoms with Gasteiger partial charge >= 0.3 is 0 Å². The summed E-state index contributed by atoms with van der Waals surface area (Å²) in [6, 6.07) is 53.3. The minimum absolute atomic E-state index is 0.00475. The topological polar surface area (TPSA) is 55.4 Å². The molecule has 0 N–H and O–H groups in total. The lowest BCUT2D eigenvalue weighted by Crippen LogP contribution is -2.31. The van der Waals surface area contributed by atoms with Gasteiger partial charge in [0.2, 0.25) is 0 Å². The molecule has 8 aromatic rings. The standard InChI is InChI=1S/C68H72O6/c1-68-38-20-19-32-56(68)47-55-31-13-18-37-64(55)67(68)74-44-26-8-6-23-41-71-59-49-57(69-39-21-3-2-4-24-42-72-65-60-33-14-9-27-51(60)45-52-28-10-15-34-61(52)65)48-58(50-59)70-40-22-5-7-25-43-73-66-62-35-16-11-29-53(62)46-54-30-12-17-36-63(54)66/h9-20,27-38,45-50,67H,2-8,21-26,39-44H2,1H3. The van der Waals surface area contributed by atoms with Gasteiger partial charge in [0.25, 0.3) is 0 Å². The van der Waals surface area contributed by atoms with Crippen LogP contribution in [-0.4, -0.2) is 39.6 Å². The van der Waals surface area contributed by atoms with Crippen LogP contribution in [0.4, 0.5) is 0 Å². The van der Waals surface area contributed by atoms with Crippen LogP contribution < -0.4 is 23.7 Å². The zero-order chi connectivity index (χ0) is 50.2. The Bertz CT molecular complexity index is 3110. The minimum Gasteiger partial charge on any atom is -0.493 e. The Balaban J connectivity index is 0.665. The second-order valence-corrected chi connectivity index (χ2v) is 20.3. The molecule has 0 bridgehead atoms. The highest BCUT2D eigenvalue weighted by molar-refractivity contribution is 6.06. The van der Waals surface area contributed by atoms with Crippen LogP contribution in [-0.2, 0) is 4.74 Å². The Kier molecular flexibility index (Phi) is 17.3. The molecule has 6 nitrogen and oxygen atoms in total. The van der Waals surface area contributed by atoms with Gasteiger partial charge in [-0.15, -0.1) is 0 Å². The van der Waals surface area contributed by atoms with E-state index in [1.165, 1.54) is 59.8 Å². The van der Waals surface area contributed by atoms with Crippen molar-refractivity contribution in [2.24, 2.45) is 5.41 Å². The summed E-state index contributed by atoms with van der Waals surface area (Å²) in [6.07, 6.45) is 24.7. The summed E-state index contributed by atoms with van der Waals surface area (Å²) in [6.45, 7) is 6.35. The molecule has 2 aliphatic rings. The van der Waals surface area contributed by atoms with Crippen molar-refractivity contribution in [1.82, 2.24) is 0 Å². The Hall–Kier alpha value is -7.02. The van der Waals surface area contributed by atoms with E-state index in [1.807, 2.05) is 18.2 Å². The van der Waals surface area contributed by atoms with E-state index < -0.39 is 0 Å². The highest BCUT2D eigenvalue weighted by Gasteiger charge is 2.41. The van der Waals surface area contributed by atoms with Crippen LogP contribution in [0, 0.1) is 5.41 Å². The number of hydrogen-bond acceptors (Lipinski definition) is 6. The van der Waals surface area contributed by atoms with Crippen LogP contribution in [0.15, 0.2) is 182 Å². The maximum Gasteiger partial charge on any atom is 0.134 e. The van der Waals surface area contributed by atoms with Gasteiger partial charge in [0, 0.05) is 51.8 Å². The summed E-state index contributed by atoms with van der Waals surface area (Å²) in [4.78, 5) is 0. The zero-order valence-electron chi connectivity index (χ0n) is 43.3. The summed E-state index contributed by atoms with van der Waals surface area (Å²) in [5.74, 6) is 4.36. The molecule has 0 amide bonds. The summed E-state index contributed by atoms with van der Waals surface area (Å²) in [7, 11) is 0. The lowest BCUT2D eigenvalue weighted by atomic mass is 9.68. The van der Waals surface area contributed by atoms with Gasteiger partial charge in [-0.1, -0.05) is 177 Å². The zero-order valence-corrected chi connectivity index (χ0v) is 43.3. The highest BCUT2D eigenvalue weighted by Crippen LogP contribution is 2.51. The van der Waals surface area contributed by atoms with Gasteiger partial charge in [-0.2, -0.15) is 0 Å². The first-order chi connectivity index (χ1) is 36.6. The van der Waals surface area contributed by atoms with Crippen molar-refractivity contribution in [3.63, 3.8) is 0 Å². The second-order valence-electron chi connectivity index (χ2n) is 20.3. The van der Waals surface area contributed by atoms with Crippen molar-refractivity contribution in [2.75, 3.05) is 39.6 Å². The summed E-state index contributed by atoms with van der Waals surface area (Å²) in [5.41, 5.74) is 3.69. The van der Waals surface area contributed by atoms with E-state index >= 15 is 0 Å². The van der Waals surface area contributed by atoms with Crippen molar-refractivity contribution in [3.05, 3.63) is 193 Å². The van der Waals surface area contributed by atoms with E-state index in [4.69, 9.17) is 28.4 Å². The Morgan fingerprint density at radius 2 is 0.757 bits per heavy atom. The molecule has 0 heterocycles. The number of ether oxygens (including phenoxy) is 6. The smallest absolute Gasteiger partial charge is 0.134 e. The molecule has 74 heavy (non-hydrogen) atoms. The monoisotopic (exact) mass is 985 g/mol. The van der Waals surface area contributed by atoms with Gasteiger partial charge in [-0.05, 0) is 115 Å². The maximum atomic E-state index is 6.70. The molecule has 0 spiro atoms. The lowest BCUT2D eigenvalue weighted by Gasteiger charge is -2.41. The van der Waals surface area contributed by atoms with Crippen LogP contribution in [0.3, 0.4) is 0 Å². The second kappa shape index (κ2) is 25.3. The molecule has 0 saturated heterocycles. The predicted molar refractivity (Wildman–Crippen MR) is 306 cm³/mol. The Morgan fingerprint density at radius 3 is 1.22 bits per heavy atom. The molecule has 0 radical (unpaired) electrons. The maximum absolute atomic E-state index is 6.70. The highest BCUT2D eigenvalue weighted by atomic mass is 16.5. The number of rotatable bonds is 28. The first-order valence-corrected chi connectivity index (χ1v) is 27.5. The third kappa shape index (κ3) is 12.5. The molecule has 380 valence electrons. The molecular formula is C68H72O6. The molecule has 2 atom stereocenters. The van der Waals surface area contributed by atoms with E-state index in [0.717, 1.165) is 119 Å². The molecule has 2 aliphatic carbocycles. The molecule has 6 heteroatoms. The van der Waals surface area contributed by atoms with Crippen molar-refractivity contribution in [2.45, 2.75) is 96.5 Å². The quantitative estimate of drug-likeness (QED) is 0.0360. The molecule has 8 aromatic carbocycles. The Labute approximate surface area is 438 Å². The third-order valence-corrected chi connectivity index (χ3v) is 14.8. The number of unbranched alkanes of at least 4 members (excludes halogenated alkanes) is 10. The van der Waals surface area contributed by atoms with Gasteiger partial charge in [0.1, 0.15) is 28.7 Å². The molecular weight excluding hydrogens is 913 g/mol. The van der Waals surface area contributed by atoms with E-state index in [0.29, 0.717) is 33.0 Å². The molecule has 2 unspecified atom stereocenters. The van der Waals surface area contributed by atoms with E-state index in [9.17, 15) is 0 Å². The fourth-order valence-electron chi connectivity index (χ4n) is 10.8. The number of fused-ring (bicyclic) bond motifs is 6. The third-order valence-electron chi connectivity index (χ3n) is 14.8. The van der Waals surface area contributed by atoms with E-state index in [2.05, 4.69) is 171 Å². The molecule has 0 fully saturated rings. The number of hydrogen-bond donors (Lipinski definition) is 0. The summed E-state index contributed by atoms with van der Waals surface area (Å²) < 4.78 is 38.8. The average Bonchev–Trinajstić information content (AvgIpc) is 3.44. The fraction of sp³-hybridized carbons (Fsp3) is 0.324. The summed E-state index contributed by atoms with van der Waals surface area (Å²) >= 11 is 0. The number of benzene rings is 8. The first kappa shape index (κ1) is 50.5. The fourth-order valence-corrected chi connectivity index (χ4v) is 10.8. The van der Waals surface area contributed by atoms with Crippen molar-refractivity contribution in [3.8, 4) is 28.7 Å². The van der Waals surface area contributed by atoms with Crippen LogP contribution >= 0.6 is 0 Å². The van der Waals surface area contributed by atoms with E-state index in [-0.39, 0.29) is 11.5 Å². The molecule has 0 aliphatic heterocycles. The average molecular weight is 985 g/mol. The van der Waals surface area contributed by atoms with Gasteiger partial charge in [-0.3, -0.25) is 0 Å². The minimum atomic E-state index is -0.158. The van der Waals surface area contributed by atoms with Gasteiger partial charge in [0.05, 0.1) is 39.1 Å². The Morgan fingerprint density at radius 1 is 0.378 bits per heavy atom. The SMILES string of the molecule is CC12C=CC=CC1=Cc1ccccc1C2OCCCCCCOc1cc(OCCCCCCCOc2c3ccccc3cc3ccccc23)cc(OCCCCCCOc2c3ccccc3cc3ccccc23)c1. The normalized spacial score (nSPS) is 15.8. The van der Waals surface area contributed by atoms with Gasteiger partial charge < -0.3 is 28.4 Å². The first-order valence-electron chi connectivity index (χ1n) is 27.5. The van der Waals surface area contributed by atoms with Crippen molar-refractivity contribution in [1.29, 1.82) is 0 Å². The van der Waals surface area contributed by atoms with Gasteiger partial charge in [-0.25, -0.2) is 0 Å². The van der Waals surface area contributed by atoms with Crippen molar-refractivity contribution >= 4 is 49.2 Å². The van der Waals surface area contributed by atoms with Crippen LogP contribution in [0.5, 0.6) is 28.7 Å². The van der Waals surface area contributed by atoms with Crippen LogP contribution in [0.25, 0.3) is 49.2 Å². The largest absolute Gasteiger partial charge is 0.493 e. The predicted octanol–water partition coefficient (Wildman–Crippen LogP) is 18.0. The van der Waals surface area contributed by atoms with Crippen LogP contribution in [0.1, 0.15) is 108 Å². The van der Waals surface area contributed by atoms with Crippen molar-refractivity contribution < 1.29 is 28.4 Å². The summed E-state index contributed by atoms with van der Waals surface area (Å²) in [5, 5.41) is 9.54. The molecule has 10 rings (SSSR count). The van der Waals surface area contributed by atoms with E-state index in [1.54, 1.807) is 0 Å².